The Morgan fingerprint density at radius 3 is 2.85 bits per heavy atom. The van der Waals surface area contributed by atoms with Crippen LogP contribution in [0.4, 0.5) is 5.95 Å². The van der Waals surface area contributed by atoms with Gasteiger partial charge in [-0.2, -0.15) is 4.98 Å². The molecular formula is C14H21N5O. The van der Waals surface area contributed by atoms with Crippen LogP contribution in [-0.2, 0) is 4.79 Å². The second kappa shape index (κ2) is 6.36. The summed E-state index contributed by atoms with van der Waals surface area (Å²) >= 11 is 0. The number of rotatable bonds is 6. The Morgan fingerprint density at radius 1 is 1.40 bits per heavy atom. The number of aryl methyl sites for hydroxylation is 1. The smallest absolute Gasteiger partial charge is 0.243 e. The molecule has 2 rings (SSSR count). The van der Waals surface area contributed by atoms with Crippen molar-refractivity contribution in [2.45, 2.75) is 27.2 Å². The van der Waals surface area contributed by atoms with E-state index in [1.807, 2.05) is 44.0 Å². The van der Waals surface area contributed by atoms with Gasteiger partial charge >= 0.3 is 0 Å². The number of hydrogen-bond acceptors (Lipinski definition) is 4. The number of carbonyl (C=O) groups is 1. The van der Waals surface area contributed by atoms with Crippen LogP contribution in [0.1, 0.15) is 25.8 Å². The van der Waals surface area contributed by atoms with E-state index in [4.69, 9.17) is 0 Å². The molecule has 2 heterocycles. The van der Waals surface area contributed by atoms with Crippen LogP contribution >= 0.6 is 0 Å². The first kappa shape index (κ1) is 14.3. The van der Waals surface area contributed by atoms with Crippen molar-refractivity contribution < 1.29 is 4.79 Å². The lowest BCUT2D eigenvalue weighted by molar-refractivity contribution is -0.130. The quantitative estimate of drug-likeness (QED) is 0.871. The number of fused-ring (bicyclic) bond motifs is 1. The molecule has 20 heavy (non-hydrogen) atoms. The SMILES string of the molecule is CCN(CC)C(=O)CCNc1nc2cc(C)ccn2n1. The highest BCUT2D eigenvalue weighted by Gasteiger charge is 2.09. The maximum Gasteiger partial charge on any atom is 0.243 e. The van der Waals surface area contributed by atoms with Gasteiger partial charge in [-0.25, -0.2) is 4.52 Å². The third kappa shape index (κ3) is 3.26. The van der Waals surface area contributed by atoms with Gasteiger partial charge in [0.25, 0.3) is 0 Å². The summed E-state index contributed by atoms with van der Waals surface area (Å²) in [5.74, 6) is 0.713. The number of nitrogens with one attached hydrogen (secondary N) is 1. The van der Waals surface area contributed by atoms with Gasteiger partial charge in [0, 0.05) is 32.3 Å². The summed E-state index contributed by atoms with van der Waals surface area (Å²) in [6, 6.07) is 3.95. The minimum atomic E-state index is 0.155. The minimum Gasteiger partial charge on any atom is -0.352 e. The average molecular weight is 275 g/mol. The van der Waals surface area contributed by atoms with Gasteiger partial charge in [-0.05, 0) is 38.5 Å². The number of carbonyl (C=O) groups excluding carboxylic acids is 1. The monoisotopic (exact) mass is 275 g/mol. The molecule has 0 saturated heterocycles. The first-order chi connectivity index (χ1) is 9.63. The van der Waals surface area contributed by atoms with Crippen LogP contribution in [0, 0.1) is 6.92 Å². The number of amides is 1. The Bertz CT molecular complexity index is 588. The maximum atomic E-state index is 11.9. The topological polar surface area (TPSA) is 62.5 Å². The summed E-state index contributed by atoms with van der Waals surface area (Å²) in [5.41, 5.74) is 1.95. The molecule has 0 aromatic carbocycles. The van der Waals surface area contributed by atoms with Crippen LogP contribution < -0.4 is 5.32 Å². The van der Waals surface area contributed by atoms with Crippen molar-refractivity contribution in [1.82, 2.24) is 19.5 Å². The lowest BCUT2D eigenvalue weighted by Crippen LogP contribution is -2.31. The molecule has 6 nitrogen and oxygen atoms in total. The predicted octanol–water partition coefficient (Wildman–Crippen LogP) is 1.71. The summed E-state index contributed by atoms with van der Waals surface area (Å²) in [7, 11) is 0. The van der Waals surface area contributed by atoms with Gasteiger partial charge in [-0.15, -0.1) is 5.10 Å². The molecule has 2 aromatic heterocycles. The predicted molar refractivity (Wildman–Crippen MR) is 78.8 cm³/mol. The number of aromatic nitrogens is 3. The Morgan fingerprint density at radius 2 is 2.15 bits per heavy atom. The molecule has 2 aromatic rings. The first-order valence-corrected chi connectivity index (χ1v) is 6.98. The fraction of sp³-hybridized carbons (Fsp3) is 0.500. The van der Waals surface area contributed by atoms with Crippen LogP contribution in [0.3, 0.4) is 0 Å². The molecule has 0 fully saturated rings. The lowest BCUT2D eigenvalue weighted by atomic mass is 10.3. The van der Waals surface area contributed by atoms with E-state index in [2.05, 4.69) is 15.4 Å². The normalized spacial score (nSPS) is 10.8. The molecule has 0 saturated carbocycles. The van der Waals surface area contributed by atoms with Crippen LogP contribution in [0.5, 0.6) is 0 Å². The molecule has 1 N–H and O–H groups in total. The molecule has 0 unspecified atom stereocenters. The summed E-state index contributed by atoms with van der Waals surface area (Å²) in [5, 5.41) is 7.40. The zero-order valence-corrected chi connectivity index (χ0v) is 12.3. The van der Waals surface area contributed by atoms with Gasteiger partial charge in [-0.1, -0.05) is 0 Å². The zero-order chi connectivity index (χ0) is 14.5. The van der Waals surface area contributed by atoms with Crippen molar-refractivity contribution in [1.29, 1.82) is 0 Å². The van der Waals surface area contributed by atoms with E-state index in [0.29, 0.717) is 18.9 Å². The van der Waals surface area contributed by atoms with Crippen LogP contribution in [0.25, 0.3) is 5.65 Å². The summed E-state index contributed by atoms with van der Waals surface area (Å²) < 4.78 is 1.72. The number of nitrogens with zero attached hydrogens (tertiary/aromatic N) is 4. The molecule has 0 spiro atoms. The molecule has 0 radical (unpaired) electrons. The molecule has 0 aliphatic heterocycles. The molecule has 0 aliphatic rings. The number of hydrogen-bond donors (Lipinski definition) is 1. The largest absolute Gasteiger partial charge is 0.352 e. The summed E-state index contributed by atoms with van der Waals surface area (Å²) in [6.45, 7) is 8.04. The fourth-order valence-corrected chi connectivity index (χ4v) is 2.07. The fourth-order valence-electron chi connectivity index (χ4n) is 2.07. The standard InChI is InChI=1S/C14H21N5O/c1-4-18(5-2)13(20)6-8-15-14-16-12-10-11(3)7-9-19(12)17-14/h7,9-10H,4-6,8H2,1-3H3,(H,15,17). The van der Waals surface area contributed by atoms with E-state index in [1.165, 1.54) is 0 Å². The Hall–Kier alpha value is -2.11. The van der Waals surface area contributed by atoms with Gasteiger partial charge in [0.15, 0.2) is 5.65 Å². The highest BCUT2D eigenvalue weighted by atomic mass is 16.2. The van der Waals surface area contributed by atoms with Crippen molar-refractivity contribution in [3.05, 3.63) is 23.9 Å². The minimum absolute atomic E-state index is 0.155. The van der Waals surface area contributed by atoms with Gasteiger partial charge in [-0.3, -0.25) is 4.79 Å². The molecule has 108 valence electrons. The Labute approximate surface area is 118 Å². The molecule has 6 heteroatoms. The molecular weight excluding hydrogens is 254 g/mol. The lowest BCUT2D eigenvalue weighted by Gasteiger charge is -2.18. The van der Waals surface area contributed by atoms with E-state index in [-0.39, 0.29) is 5.91 Å². The van der Waals surface area contributed by atoms with E-state index >= 15 is 0 Å². The van der Waals surface area contributed by atoms with Crippen molar-refractivity contribution in [3.8, 4) is 0 Å². The van der Waals surface area contributed by atoms with Gasteiger partial charge in [0.05, 0.1) is 0 Å². The highest BCUT2D eigenvalue weighted by Crippen LogP contribution is 2.07. The van der Waals surface area contributed by atoms with Crippen molar-refractivity contribution in [3.63, 3.8) is 0 Å². The van der Waals surface area contributed by atoms with Crippen molar-refractivity contribution in [2.24, 2.45) is 0 Å². The van der Waals surface area contributed by atoms with Crippen LogP contribution in [0.2, 0.25) is 0 Å². The highest BCUT2D eigenvalue weighted by molar-refractivity contribution is 5.76. The summed E-state index contributed by atoms with van der Waals surface area (Å²) in [6.07, 6.45) is 2.33. The average Bonchev–Trinajstić information content (AvgIpc) is 2.82. The van der Waals surface area contributed by atoms with E-state index in [1.54, 1.807) is 4.52 Å². The number of anilines is 1. The van der Waals surface area contributed by atoms with Gasteiger partial charge < -0.3 is 10.2 Å². The summed E-state index contributed by atoms with van der Waals surface area (Å²) in [4.78, 5) is 18.0. The third-order valence-electron chi connectivity index (χ3n) is 3.23. The zero-order valence-electron chi connectivity index (χ0n) is 12.3. The first-order valence-electron chi connectivity index (χ1n) is 6.98. The number of pyridine rings is 1. The van der Waals surface area contributed by atoms with E-state index < -0.39 is 0 Å². The second-order valence-electron chi connectivity index (χ2n) is 4.69. The van der Waals surface area contributed by atoms with Crippen molar-refractivity contribution in [2.75, 3.05) is 25.0 Å². The molecule has 0 atom stereocenters. The van der Waals surface area contributed by atoms with Gasteiger partial charge in [0.1, 0.15) is 0 Å². The van der Waals surface area contributed by atoms with Gasteiger partial charge in [0.2, 0.25) is 11.9 Å². The maximum absolute atomic E-state index is 11.9. The van der Waals surface area contributed by atoms with E-state index in [0.717, 1.165) is 24.3 Å². The molecule has 1 amide bonds. The second-order valence-corrected chi connectivity index (χ2v) is 4.69. The van der Waals surface area contributed by atoms with E-state index in [9.17, 15) is 4.79 Å². The van der Waals surface area contributed by atoms with Crippen molar-refractivity contribution >= 4 is 17.5 Å². The molecule has 0 bridgehead atoms. The third-order valence-corrected chi connectivity index (χ3v) is 3.23. The Balaban J connectivity index is 1.91. The molecule has 0 aliphatic carbocycles. The van der Waals surface area contributed by atoms with Crippen LogP contribution in [-0.4, -0.2) is 45.0 Å². The Kier molecular flexibility index (Phi) is 4.55. The van der Waals surface area contributed by atoms with Crippen LogP contribution in [0.15, 0.2) is 18.3 Å².